The Kier molecular flexibility index (Phi) is 4.85. The average Bonchev–Trinajstić information content (AvgIpc) is 3.31. The van der Waals surface area contributed by atoms with Crippen LogP contribution < -0.4 is 15.5 Å². The molecule has 1 saturated heterocycles. The number of carbonyl (C=O) groups excluding carboxylic acids is 1. The lowest BCUT2D eigenvalue weighted by Crippen LogP contribution is -2.49. The Morgan fingerprint density at radius 3 is 2.85 bits per heavy atom. The minimum absolute atomic E-state index is 0.0944. The molecule has 0 spiro atoms. The Bertz CT molecular complexity index is 699. The molecule has 1 aromatic rings. The number of nitrogens with zero attached hydrogens (tertiary/aromatic N) is 3. The number of likely N-dealkylation sites (tertiary alicyclic amines) is 1. The van der Waals surface area contributed by atoms with Gasteiger partial charge in [-0.25, -0.2) is 0 Å². The van der Waals surface area contributed by atoms with E-state index in [2.05, 4.69) is 33.5 Å². The van der Waals surface area contributed by atoms with Gasteiger partial charge in [-0.1, -0.05) is 25.1 Å². The zero-order valence-electron chi connectivity index (χ0n) is 15.7. The van der Waals surface area contributed by atoms with Gasteiger partial charge in [0.05, 0.1) is 6.54 Å². The van der Waals surface area contributed by atoms with E-state index in [9.17, 15) is 4.79 Å². The predicted molar refractivity (Wildman–Crippen MR) is 105 cm³/mol. The van der Waals surface area contributed by atoms with Crippen LogP contribution in [0.4, 0.5) is 5.69 Å². The van der Waals surface area contributed by atoms with Crippen molar-refractivity contribution in [1.29, 1.82) is 0 Å². The van der Waals surface area contributed by atoms with E-state index in [0.29, 0.717) is 12.0 Å². The molecule has 1 aromatic carbocycles. The van der Waals surface area contributed by atoms with Gasteiger partial charge in [-0.3, -0.25) is 14.7 Å². The van der Waals surface area contributed by atoms with Crippen molar-refractivity contribution >= 4 is 17.6 Å². The van der Waals surface area contributed by atoms with Gasteiger partial charge < -0.3 is 15.5 Å². The van der Waals surface area contributed by atoms with Gasteiger partial charge in [0.15, 0.2) is 5.96 Å². The van der Waals surface area contributed by atoms with Crippen molar-refractivity contribution in [1.82, 2.24) is 15.5 Å². The van der Waals surface area contributed by atoms with E-state index in [1.54, 1.807) is 7.05 Å². The van der Waals surface area contributed by atoms with Gasteiger partial charge in [-0.05, 0) is 36.8 Å². The van der Waals surface area contributed by atoms with E-state index in [1.165, 1.54) is 18.4 Å². The Morgan fingerprint density at radius 1 is 1.27 bits per heavy atom. The van der Waals surface area contributed by atoms with Crippen LogP contribution in [0.25, 0.3) is 0 Å². The summed E-state index contributed by atoms with van der Waals surface area (Å²) in [6.07, 6.45) is 3.63. The number of aliphatic imine (C=N–C) groups is 1. The summed E-state index contributed by atoms with van der Waals surface area (Å²) in [5.41, 5.74) is 2.30. The van der Waals surface area contributed by atoms with Gasteiger partial charge in [0.25, 0.3) is 0 Å². The Labute approximate surface area is 155 Å². The fourth-order valence-electron chi connectivity index (χ4n) is 4.15. The van der Waals surface area contributed by atoms with Crippen molar-refractivity contribution in [2.75, 3.05) is 38.1 Å². The van der Waals surface area contributed by atoms with Crippen LogP contribution in [0.3, 0.4) is 0 Å². The molecule has 6 heteroatoms. The fraction of sp³-hybridized carbons (Fsp3) is 0.600. The van der Waals surface area contributed by atoms with E-state index in [4.69, 9.17) is 0 Å². The third-order valence-electron chi connectivity index (χ3n) is 5.84. The molecule has 2 N–H and O–H groups in total. The maximum absolute atomic E-state index is 12.7. The molecule has 2 unspecified atom stereocenters. The summed E-state index contributed by atoms with van der Waals surface area (Å²) in [5, 5.41) is 6.73. The number of guanidine groups is 1. The smallest absolute Gasteiger partial charge is 0.246 e. The van der Waals surface area contributed by atoms with Gasteiger partial charge in [-0.15, -0.1) is 0 Å². The van der Waals surface area contributed by atoms with Gasteiger partial charge in [0.1, 0.15) is 0 Å². The zero-order chi connectivity index (χ0) is 18.1. The summed E-state index contributed by atoms with van der Waals surface area (Å²) in [6, 6.07) is 9.35. The number of para-hydroxylation sites is 1. The highest BCUT2D eigenvalue weighted by Gasteiger charge is 2.38. The quantitative estimate of drug-likeness (QED) is 0.630. The maximum Gasteiger partial charge on any atom is 0.246 e. The highest BCUT2D eigenvalue weighted by atomic mass is 16.2. The van der Waals surface area contributed by atoms with E-state index in [0.717, 1.165) is 43.7 Å². The molecule has 0 bridgehead atoms. The van der Waals surface area contributed by atoms with Crippen LogP contribution in [0.15, 0.2) is 29.3 Å². The van der Waals surface area contributed by atoms with Crippen LogP contribution in [0.5, 0.6) is 0 Å². The molecule has 0 aromatic heterocycles. The largest absolute Gasteiger partial charge is 0.352 e. The van der Waals surface area contributed by atoms with E-state index in [1.807, 2.05) is 23.1 Å². The van der Waals surface area contributed by atoms with Crippen molar-refractivity contribution in [3.05, 3.63) is 29.8 Å². The monoisotopic (exact) mass is 355 g/mol. The number of fused-ring (bicyclic) bond motifs is 1. The molecule has 1 aliphatic carbocycles. The van der Waals surface area contributed by atoms with Crippen molar-refractivity contribution in [3.8, 4) is 0 Å². The molecule has 26 heavy (non-hydrogen) atoms. The minimum atomic E-state index is 0.0944. The predicted octanol–water partition coefficient (Wildman–Crippen LogP) is 1.22. The number of benzene rings is 1. The number of hydrogen-bond donors (Lipinski definition) is 2. The molecule has 2 aliphatic heterocycles. The van der Waals surface area contributed by atoms with Crippen LogP contribution in [-0.4, -0.2) is 62.1 Å². The third kappa shape index (κ3) is 3.56. The summed E-state index contributed by atoms with van der Waals surface area (Å²) >= 11 is 0. The lowest BCUT2D eigenvalue weighted by Gasteiger charge is -2.22. The number of rotatable bonds is 4. The SMILES string of the molecule is CN=C(NCC(=O)N1CCc2ccccc21)NC1CN(C2CC2)CC1C. The summed E-state index contributed by atoms with van der Waals surface area (Å²) in [7, 11) is 1.77. The molecule has 6 nitrogen and oxygen atoms in total. The molecule has 3 aliphatic rings. The third-order valence-corrected chi connectivity index (χ3v) is 5.84. The van der Waals surface area contributed by atoms with Crippen LogP contribution in [-0.2, 0) is 11.2 Å². The summed E-state index contributed by atoms with van der Waals surface area (Å²) in [5.74, 6) is 1.41. The molecular weight excluding hydrogens is 326 g/mol. The van der Waals surface area contributed by atoms with Crippen molar-refractivity contribution in [2.24, 2.45) is 10.9 Å². The number of amides is 1. The first-order valence-electron chi connectivity index (χ1n) is 9.75. The molecule has 140 valence electrons. The van der Waals surface area contributed by atoms with Crippen molar-refractivity contribution in [3.63, 3.8) is 0 Å². The minimum Gasteiger partial charge on any atom is -0.352 e. The molecular formula is C20H29N5O. The number of anilines is 1. The van der Waals surface area contributed by atoms with Crippen LogP contribution >= 0.6 is 0 Å². The van der Waals surface area contributed by atoms with Crippen molar-refractivity contribution in [2.45, 2.75) is 38.3 Å². The van der Waals surface area contributed by atoms with E-state index < -0.39 is 0 Å². The Balaban J connectivity index is 1.30. The summed E-state index contributed by atoms with van der Waals surface area (Å²) in [6.45, 7) is 5.55. The van der Waals surface area contributed by atoms with Gasteiger partial charge >= 0.3 is 0 Å². The number of nitrogens with one attached hydrogen (secondary N) is 2. The lowest BCUT2D eigenvalue weighted by molar-refractivity contribution is -0.117. The molecule has 2 fully saturated rings. The normalized spacial score (nSPS) is 26.1. The summed E-state index contributed by atoms with van der Waals surface area (Å²) in [4.78, 5) is 21.4. The first-order chi connectivity index (χ1) is 12.7. The average molecular weight is 355 g/mol. The first-order valence-corrected chi connectivity index (χ1v) is 9.75. The first kappa shape index (κ1) is 17.3. The maximum atomic E-state index is 12.7. The molecule has 0 radical (unpaired) electrons. The lowest BCUT2D eigenvalue weighted by atomic mass is 10.1. The standard InChI is InChI=1S/C20H29N5O/c1-14-12-24(16-7-8-16)13-17(14)23-20(21-2)22-11-19(26)25-10-9-15-5-3-4-6-18(15)25/h3-6,14,16-17H,7-13H2,1-2H3,(H2,21,22,23). The fourth-order valence-corrected chi connectivity index (χ4v) is 4.15. The number of carbonyl (C=O) groups is 1. The van der Waals surface area contributed by atoms with Gasteiger partial charge in [-0.2, -0.15) is 0 Å². The molecule has 1 saturated carbocycles. The Hall–Kier alpha value is -2.08. The zero-order valence-corrected chi connectivity index (χ0v) is 15.7. The topological polar surface area (TPSA) is 60.0 Å². The van der Waals surface area contributed by atoms with Gasteiger partial charge in [0, 0.05) is 44.5 Å². The van der Waals surface area contributed by atoms with Crippen molar-refractivity contribution < 1.29 is 4.79 Å². The summed E-state index contributed by atoms with van der Waals surface area (Å²) < 4.78 is 0. The van der Waals surface area contributed by atoms with Crippen LogP contribution in [0, 0.1) is 5.92 Å². The van der Waals surface area contributed by atoms with Crippen LogP contribution in [0.2, 0.25) is 0 Å². The second kappa shape index (κ2) is 7.27. The molecule has 1 amide bonds. The van der Waals surface area contributed by atoms with Gasteiger partial charge in [0.2, 0.25) is 5.91 Å². The molecule has 4 rings (SSSR count). The molecule has 2 atom stereocenters. The highest BCUT2D eigenvalue weighted by molar-refractivity contribution is 5.98. The van der Waals surface area contributed by atoms with Crippen LogP contribution in [0.1, 0.15) is 25.3 Å². The van der Waals surface area contributed by atoms with E-state index >= 15 is 0 Å². The second-order valence-corrected chi connectivity index (χ2v) is 7.76. The highest BCUT2D eigenvalue weighted by Crippen LogP contribution is 2.31. The number of hydrogen-bond acceptors (Lipinski definition) is 3. The second-order valence-electron chi connectivity index (χ2n) is 7.76. The molecule has 2 heterocycles. The Morgan fingerprint density at radius 2 is 2.08 bits per heavy atom. The van der Waals surface area contributed by atoms with E-state index in [-0.39, 0.29) is 12.5 Å².